The Kier molecular flexibility index (Phi) is 8.08. The van der Waals surface area contributed by atoms with E-state index in [1.807, 2.05) is 21.6 Å². The van der Waals surface area contributed by atoms with Crippen molar-refractivity contribution in [3.8, 4) is 0 Å². The number of hydrogen-bond donors (Lipinski definition) is 2. The molecular weight excluding hydrogens is 288 g/mol. The van der Waals surface area contributed by atoms with Crippen molar-refractivity contribution in [3.63, 3.8) is 0 Å². The fourth-order valence-electron chi connectivity index (χ4n) is 1.44. The molecule has 1 amide bonds. The lowest BCUT2D eigenvalue weighted by Gasteiger charge is -2.14. The van der Waals surface area contributed by atoms with Crippen LogP contribution in [-0.4, -0.2) is 43.1 Å². The van der Waals surface area contributed by atoms with Crippen molar-refractivity contribution in [2.24, 2.45) is 0 Å². The van der Waals surface area contributed by atoms with Gasteiger partial charge in [-0.15, -0.1) is 0 Å². The first-order chi connectivity index (χ1) is 9.11. The molecule has 8 heteroatoms. The molecule has 1 aliphatic heterocycles. The van der Waals surface area contributed by atoms with Crippen LogP contribution in [0, 0.1) is 0 Å². The van der Waals surface area contributed by atoms with Crippen LogP contribution in [0.4, 0.5) is 4.79 Å². The number of esters is 1. The van der Waals surface area contributed by atoms with E-state index in [4.69, 9.17) is 9.47 Å². The van der Waals surface area contributed by atoms with Gasteiger partial charge in [0.25, 0.3) is 0 Å². The molecule has 110 valence electrons. The van der Waals surface area contributed by atoms with E-state index < -0.39 is 12.4 Å². The molecule has 2 N–H and O–H groups in total. The fraction of sp³-hybridized carbons (Fsp3) is 0.818. The fourth-order valence-corrected chi connectivity index (χ4v) is 4.15. The van der Waals surface area contributed by atoms with Gasteiger partial charge in [-0.3, -0.25) is 4.79 Å². The van der Waals surface area contributed by atoms with Gasteiger partial charge in [0.15, 0.2) is 0 Å². The van der Waals surface area contributed by atoms with Crippen molar-refractivity contribution >= 4 is 33.7 Å². The molecule has 0 bridgehead atoms. The van der Waals surface area contributed by atoms with Crippen LogP contribution < -0.4 is 10.6 Å². The van der Waals surface area contributed by atoms with E-state index in [1.54, 1.807) is 0 Å². The third-order valence-electron chi connectivity index (χ3n) is 2.35. The summed E-state index contributed by atoms with van der Waals surface area (Å²) < 4.78 is 9.68. The van der Waals surface area contributed by atoms with Crippen LogP contribution in [0.25, 0.3) is 0 Å². The summed E-state index contributed by atoms with van der Waals surface area (Å²) >= 11 is 0. The summed E-state index contributed by atoms with van der Waals surface area (Å²) in [5, 5.41) is 6.15. The number of hydrogen-bond acceptors (Lipinski definition) is 7. The smallest absolute Gasteiger partial charge is 0.409 e. The van der Waals surface area contributed by atoms with Gasteiger partial charge in [-0.05, 0) is 19.4 Å². The molecule has 0 radical (unpaired) electrons. The Bertz CT molecular complexity index is 298. The maximum atomic E-state index is 11.4. The molecule has 19 heavy (non-hydrogen) atoms. The monoisotopic (exact) mass is 308 g/mol. The zero-order valence-electron chi connectivity index (χ0n) is 11.1. The summed E-state index contributed by atoms with van der Waals surface area (Å²) in [6, 6.07) is 0. The Morgan fingerprint density at radius 1 is 1.42 bits per heavy atom. The van der Waals surface area contributed by atoms with Crippen LogP contribution >= 0.6 is 21.6 Å². The molecule has 0 spiro atoms. The predicted octanol–water partition coefficient (Wildman–Crippen LogP) is 1.71. The molecule has 0 aromatic rings. The van der Waals surface area contributed by atoms with Crippen LogP contribution in [0.1, 0.15) is 26.2 Å². The Morgan fingerprint density at radius 2 is 2.21 bits per heavy atom. The molecule has 0 aromatic carbocycles. The van der Waals surface area contributed by atoms with Crippen LogP contribution in [0.2, 0.25) is 0 Å². The van der Waals surface area contributed by atoms with E-state index in [0.717, 1.165) is 13.0 Å². The normalized spacial score (nSPS) is 19.8. The van der Waals surface area contributed by atoms with Crippen LogP contribution in [0.5, 0.6) is 0 Å². The second-order valence-corrected chi connectivity index (χ2v) is 6.66. The molecule has 2 atom stereocenters. The number of carbonyl (C=O) groups excluding carboxylic acids is 2. The molecule has 6 nitrogen and oxygen atoms in total. The van der Waals surface area contributed by atoms with E-state index in [-0.39, 0.29) is 5.97 Å². The van der Waals surface area contributed by atoms with E-state index in [0.29, 0.717) is 18.2 Å². The molecule has 1 fully saturated rings. The lowest BCUT2D eigenvalue weighted by Crippen LogP contribution is -2.28. The number of nitrogens with one attached hydrogen (secondary N) is 2. The molecular formula is C11H20N2O4S2. The van der Waals surface area contributed by atoms with Crippen molar-refractivity contribution in [1.29, 1.82) is 0 Å². The van der Waals surface area contributed by atoms with Gasteiger partial charge in [0.05, 0.1) is 5.37 Å². The number of rotatable bonds is 7. The lowest BCUT2D eigenvalue weighted by molar-refractivity contribution is -0.164. The Balaban J connectivity index is 2.02. The quantitative estimate of drug-likeness (QED) is 0.321. The van der Waals surface area contributed by atoms with E-state index in [9.17, 15) is 9.59 Å². The molecule has 2 unspecified atom stereocenters. The van der Waals surface area contributed by atoms with Gasteiger partial charge in [0, 0.05) is 26.1 Å². The van der Waals surface area contributed by atoms with Crippen molar-refractivity contribution < 1.29 is 19.1 Å². The molecule has 0 aliphatic carbocycles. The maximum Gasteiger partial charge on any atom is 0.409 e. The Hall–Kier alpha value is -0.600. The first-order valence-electron chi connectivity index (χ1n) is 6.21. The summed E-state index contributed by atoms with van der Waals surface area (Å²) in [7, 11) is 5.16. The van der Waals surface area contributed by atoms with E-state index in [1.165, 1.54) is 19.7 Å². The van der Waals surface area contributed by atoms with Gasteiger partial charge < -0.3 is 20.1 Å². The van der Waals surface area contributed by atoms with Crippen molar-refractivity contribution in [2.75, 3.05) is 19.3 Å². The lowest BCUT2D eigenvalue weighted by atomic mass is 10.3. The number of ether oxygens (including phenoxy) is 2. The zero-order chi connectivity index (χ0) is 14.1. The minimum Gasteiger partial charge on any atom is -0.425 e. The zero-order valence-corrected chi connectivity index (χ0v) is 12.8. The van der Waals surface area contributed by atoms with Gasteiger partial charge >= 0.3 is 12.1 Å². The van der Waals surface area contributed by atoms with Gasteiger partial charge in [-0.25, -0.2) is 4.79 Å². The summed E-state index contributed by atoms with van der Waals surface area (Å²) in [5.74, 6) is 0.824. The summed E-state index contributed by atoms with van der Waals surface area (Å²) in [5.41, 5.74) is 0. The summed E-state index contributed by atoms with van der Waals surface area (Å²) in [6.07, 6.45) is 0.725. The predicted molar refractivity (Wildman–Crippen MR) is 76.8 cm³/mol. The first-order valence-corrected chi connectivity index (χ1v) is 8.59. The number of amides is 1. The molecule has 0 aromatic heterocycles. The highest BCUT2D eigenvalue weighted by Gasteiger charge is 2.16. The van der Waals surface area contributed by atoms with E-state index >= 15 is 0 Å². The van der Waals surface area contributed by atoms with Gasteiger partial charge in [-0.2, -0.15) is 0 Å². The van der Waals surface area contributed by atoms with Crippen molar-refractivity contribution in [3.05, 3.63) is 0 Å². The first kappa shape index (κ1) is 16.5. The van der Waals surface area contributed by atoms with Crippen LogP contribution in [0.3, 0.4) is 0 Å². The standard InChI is InChI=1S/C11H20N2O4S2/c1-8(17-11(15)12-2)16-10(14)4-3-6-13-9-5-7-18-19-9/h8-9,13H,3-7H2,1-2H3,(H,12,15). The van der Waals surface area contributed by atoms with Gasteiger partial charge in [0.1, 0.15) is 0 Å². The molecule has 1 aliphatic rings. The molecule has 1 rings (SSSR count). The van der Waals surface area contributed by atoms with Gasteiger partial charge in [0.2, 0.25) is 6.29 Å². The van der Waals surface area contributed by atoms with Crippen LogP contribution in [0.15, 0.2) is 0 Å². The highest BCUT2D eigenvalue weighted by Crippen LogP contribution is 2.35. The average Bonchev–Trinajstić information content (AvgIpc) is 2.87. The number of alkyl carbamates (subject to hydrolysis) is 1. The molecule has 0 saturated carbocycles. The topological polar surface area (TPSA) is 76.7 Å². The molecule has 1 heterocycles. The van der Waals surface area contributed by atoms with Crippen molar-refractivity contribution in [2.45, 2.75) is 37.9 Å². The number of carbonyl (C=O) groups is 2. The minimum absolute atomic E-state index is 0.318. The van der Waals surface area contributed by atoms with Crippen LogP contribution in [-0.2, 0) is 14.3 Å². The van der Waals surface area contributed by atoms with Crippen molar-refractivity contribution in [1.82, 2.24) is 10.6 Å². The highest BCUT2D eigenvalue weighted by atomic mass is 33.1. The highest BCUT2D eigenvalue weighted by molar-refractivity contribution is 8.77. The van der Waals surface area contributed by atoms with Gasteiger partial charge in [-0.1, -0.05) is 21.6 Å². The Morgan fingerprint density at radius 3 is 2.84 bits per heavy atom. The van der Waals surface area contributed by atoms with E-state index in [2.05, 4.69) is 10.6 Å². The third kappa shape index (κ3) is 7.54. The summed E-state index contributed by atoms with van der Waals surface area (Å²) in [4.78, 5) is 22.3. The largest absolute Gasteiger partial charge is 0.425 e. The molecule has 1 saturated heterocycles. The Labute approximate surface area is 121 Å². The summed E-state index contributed by atoms with van der Waals surface area (Å²) in [6.45, 7) is 2.30. The minimum atomic E-state index is -0.859. The second kappa shape index (κ2) is 9.33. The second-order valence-electron chi connectivity index (χ2n) is 3.97. The SMILES string of the molecule is CNC(=O)OC(C)OC(=O)CCCNC1CCSS1. The third-order valence-corrected chi connectivity index (χ3v) is 5.13. The average molecular weight is 308 g/mol. The maximum absolute atomic E-state index is 11.4.